The molecule has 1 unspecified atom stereocenters. The Balaban J connectivity index is 1.99. The van der Waals surface area contributed by atoms with Crippen molar-refractivity contribution in [3.8, 4) is 0 Å². The molecule has 1 fully saturated rings. The molecule has 1 amide bonds. The predicted molar refractivity (Wildman–Crippen MR) is 73.3 cm³/mol. The number of hydrogen-bond donors (Lipinski definition) is 0. The van der Waals surface area contributed by atoms with Crippen LogP contribution in [0.4, 0.5) is 0 Å². The molecule has 2 nitrogen and oxygen atoms in total. The Labute approximate surface area is 111 Å². The van der Waals surface area contributed by atoms with Crippen LogP contribution in [0.3, 0.4) is 0 Å². The third-order valence-electron chi connectivity index (χ3n) is 3.32. The summed E-state index contributed by atoms with van der Waals surface area (Å²) >= 11 is 3.51. The molecule has 0 saturated carbocycles. The average Bonchev–Trinajstić information content (AvgIpc) is 2.40. The zero-order chi connectivity index (χ0) is 12.1. The van der Waals surface area contributed by atoms with Crippen LogP contribution in [0.15, 0.2) is 30.3 Å². The van der Waals surface area contributed by atoms with Gasteiger partial charge in [0.05, 0.1) is 6.42 Å². The molecule has 92 valence electrons. The molecule has 1 aliphatic rings. The van der Waals surface area contributed by atoms with Crippen molar-refractivity contribution >= 4 is 21.8 Å². The minimum atomic E-state index is 0.264. The van der Waals surface area contributed by atoms with E-state index in [4.69, 9.17) is 0 Å². The van der Waals surface area contributed by atoms with Gasteiger partial charge in [0, 0.05) is 17.9 Å². The molecule has 2 rings (SSSR count). The minimum absolute atomic E-state index is 0.264. The van der Waals surface area contributed by atoms with Gasteiger partial charge in [-0.25, -0.2) is 0 Å². The molecule has 0 aliphatic carbocycles. The summed E-state index contributed by atoms with van der Waals surface area (Å²) in [5, 5.41) is 0.896. The molecule has 1 aliphatic heterocycles. The summed E-state index contributed by atoms with van der Waals surface area (Å²) in [6.45, 7) is 0.919. The smallest absolute Gasteiger partial charge is 0.227 e. The number of rotatable bonds is 3. The zero-order valence-electron chi connectivity index (χ0n) is 9.94. The van der Waals surface area contributed by atoms with E-state index in [0.717, 1.165) is 30.3 Å². The summed E-state index contributed by atoms with van der Waals surface area (Å²) in [6.07, 6.45) is 4.05. The number of likely N-dealkylation sites (tertiary alicyclic amines) is 1. The van der Waals surface area contributed by atoms with Crippen molar-refractivity contribution < 1.29 is 4.79 Å². The molecule has 1 atom stereocenters. The third-order valence-corrected chi connectivity index (χ3v) is 4.07. The number of alkyl halides is 1. The maximum Gasteiger partial charge on any atom is 0.227 e. The number of piperidine rings is 1. The van der Waals surface area contributed by atoms with E-state index in [1.165, 1.54) is 6.42 Å². The quantitative estimate of drug-likeness (QED) is 0.785. The first-order valence-electron chi connectivity index (χ1n) is 6.20. The fourth-order valence-corrected chi connectivity index (χ4v) is 3.03. The van der Waals surface area contributed by atoms with Crippen molar-refractivity contribution in [1.82, 2.24) is 4.90 Å². The van der Waals surface area contributed by atoms with E-state index in [0.29, 0.717) is 12.5 Å². The molecule has 1 saturated heterocycles. The van der Waals surface area contributed by atoms with Gasteiger partial charge in [-0.3, -0.25) is 4.79 Å². The summed E-state index contributed by atoms with van der Waals surface area (Å²) in [7, 11) is 0. The van der Waals surface area contributed by atoms with Crippen LogP contribution in [0.1, 0.15) is 24.8 Å². The third kappa shape index (κ3) is 3.32. The van der Waals surface area contributed by atoms with Crippen molar-refractivity contribution in [2.45, 2.75) is 31.7 Å². The largest absolute Gasteiger partial charge is 0.339 e. The lowest BCUT2D eigenvalue weighted by atomic mass is 10.0. The molecule has 17 heavy (non-hydrogen) atoms. The molecule has 0 bridgehead atoms. The zero-order valence-corrected chi connectivity index (χ0v) is 11.5. The Hall–Kier alpha value is -0.830. The number of amides is 1. The first-order valence-corrected chi connectivity index (χ1v) is 7.33. The molecule has 1 heterocycles. The van der Waals surface area contributed by atoms with Gasteiger partial charge >= 0.3 is 0 Å². The molecule has 0 spiro atoms. The van der Waals surface area contributed by atoms with Gasteiger partial charge in [-0.2, -0.15) is 0 Å². The fourth-order valence-electron chi connectivity index (χ4n) is 2.36. The SMILES string of the molecule is O=C(Cc1ccccc1)N1CCCCC1CBr. The second kappa shape index (κ2) is 6.20. The Morgan fingerprint density at radius 2 is 2.06 bits per heavy atom. The maximum atomic E-state index is 12.2. The van der Waals surface area contributed by atoms with E-state index in [-0.39, 0.29) is 5.91 Å². The van der Waals surface area contributed by atoms with Crippen molar-refractivity contribution in [2.75, 3.05) is 11.9 Å². The van der Waals surface area contributed by atoms with Crippen molar-refractivity contribution in [3.05, 3.63) is 35.9 Å². The van der Waals surface area contributed by atoms with E-state index in [1.807, 2.05) is 35.2 Å². The topological polar surface area (TPSA) is 20.3 Å². The van der Waals surface area contributed by atoms with Gasteiger partial charge < -0.3 is 4.90 Å². The second-order valence-corrected chi connectivity index (χ2v) is 5.20. The van der Waals surface area contributed by atoms with Crippen LogP contribution in [0.25, 0.3) is 0 Å². The first kappa shape index (κ1) is 12.6. The average molecular weight is 296 g/mol. The summed E-state index contributed by atoms with van der Waals surface area (Å²) in [5.74, 6) is 0.264. The summed E-state index contributed by atoms with van der Waals surface area (Å²) in [5.41, 5.74) is 1.11. The van der Waals surface area contributed by atoms with Crippen molar-refractivity contribution in [2.24, 2.45) is 0 Å². The van der Waals surface area contributed by atoms with Crippen LogP contribution >= 0.6 is 15.9 Å². The fraction of sp³-hybridized carbons (Fsp3) is 0.500. The number of carbonyl (C=O) groups is 1. The Morgan fingerprint density at radius 1 is 1.29 bits per heavy atom. The normalized spacial score (nSPS) is 20.3. The highest BCUT2D eigenvalue weighted by molar-refractivity contribution is 9.09. The standard InChI is InChI=1S/C14H18BrNO/c15-11-13-8-4-5-9-16(13)14(17)10-12-6-2-1-3-7-12/h1-3,6-7,13H,4-5,8-11H2. The van der Waals surface area contributed by atoms with Gasteiger partial charge in [0.15, 0.2) is 0 Å². The predicted octanol–water partition coefficient (Wildman–Crippen LogP) is 3.01. The number of nitrogens with zero attached hydrogens (tertiary/aromatic N) is 1. The summed E-state index contributed by atoms with van der Waals surface area (Å²) in [4.78, 5) is 14.3. The summed E-state index contributed by atoms with van der Waals surface area (Å²) < 4.78 is 0. The van der Waals surface area contributed by atoms with Crippen molar-refractivity contribution in [1.29, 1.82) is 0 Å². The van der Waals surface area contributed by atoms with Crippen molar-refractivity contribution in [3.63, 3.8) is 0 Å². The Kier molecular flexibility index (Phi) is 4.60. The highest BCUT2D eigenvalue weighted by Gasteiger charge is 2.25. The molecule has 0 N–H and O–H groups in total. The molecule has 1 aromatic carbocycles. The van der Waals surface area contributed by atoms with Crippen LogP contribution < -0.4 is 0 Å². The van der Waals surface area contributed by atoms with E-state index >= 15 is 0 Å². The number of halogens is 1. The first-order chi connectivity index (χ1) is 8.31. The number of benzene rings is 1. The van der Waals surface area contributed by atoms with Gasteiger partial charge in [0.2, 0.25) is 5.91 Å². The van der Waals surface area contributed by atoms with E-state index in [2.05, 4.69) is 15.9 Å². The lowest BCUT2D eigenvalue weighted by molar-refractivity contribution is -0.133. The van der Waals surface area contributed by atoms with Gasteiger partial charge in [0.1, 0.15) is 0 Å². The van der Waals surface area contributed by atoms with Crippen LogP contribution in [0.2, 0.25) is 0 Å². The number of hydrogen-bond acceptors (Lipinski definition) is 1. The highest BCUT2D eigenvalue weighted by atomic mass is 79.9. The molecule has 0 aromatic heterocycles. The molecule has 1 aromatic rings. The van der Waals surface area contributed by atoms with E-state index in [1.54, 1.807) is 0 Å². The maximum absolute atomic E-state index is 12.2. The lowest BCUT2D eigenvalue weighted by Gasteiger charge is -2.34. The van der Waals surface area contributed by atoms with Gasteiger partial charge in [-0.1, -0.05) is 46.3 Å². The van der Waals surface area contributed by atoms with Crippen LogP contribution in [0.5, 0.6) is 0 Å². The second-order valence-electron chi connectivity index (χ2n) is 4.55. The van der Waals surface area contributed by atoms with Crippen LogP contribution in [-0.2, 0) is 11.2 Å². The summed E-state index contributed by atoms with van der Waals surface area (Å²) in [6, 6.07) is 10.4. The van der Waals surface area contributed by atoms with Gasteiger partial charge in [0.25, 0.3) is 0 Å². The van der Waals surface area contributed by atoms with E-state index < -0.39 is 0 Å². The Bertz CT molecular complexity index is 366. The minimum Gasteiger partial charge on any atom is -0.339 e. The van der Waals surface area contributed by atoms with Gasteiger partial charge in [-0.15, -0.1) is 0 Å². The Morgan fingerprint density at radius 3 is 2.76 bits per heavy atom. The van der Waals surface area contributed by atoms with Crippen LogP contribution in [-0.4, -0.2) is 28.7 Å². The molecular formula is C14H18BrNO. The molecule has 0 radical (unpaired) electrons. The van der Waals surface area contributed by atoms with Gasteiger partial charge in [-0.05, 0) is 24.8 Å². The van der Waals surface area contributed by atoms with Crippen LogP contribution in [0, 0.1) is 0 Å². The monoisotopic (exact) mass is 295 g/mol. The van der Waals surface area contributed by atoms with E-state index in [9.17, 15) is 4.79 Å². The molecule has 3 heteroatoms. The number of carbonyl (C=O) groups excluding carboxylic acids is 1. The highest BCUT2D eigenvalue weighted by Crippen LogP contribution is 2.19. The molecular weight excluding hydrogens is 278 g/mol. The lowest BCUT2D eigenvalue weighted by Crippen LogP contribution is -2.45.